The number of hydrogen-bond acceptors (Lipinski definition) is 3. The first-order valence-corrected chi connectivity index (χ1v) is 6.16. The molecular weight excluding hydrogens is 228 g/mol. The Morgan fingerprint density at radius 1 is 1.50 bits per heavy atom. The summed E-state index contributed by atoms with van der Waals surface area (Å²) in [5, 5.41) is 0. The SMILES string of the molecule is CCc1ccc(OC)c(CN(C)C(=O)C(C)N)c1. The largest absolute Gasteiger partial charge is 0.496 e. The molecule has 0 saturated heterocycles. The molecule has 1 rings (SSSR count). The van der Waals surface area contributed by atoms with E-state index in [-0.39, 0.29) is 5.91 Å². The molecule has 2 N–H and O–H groups in total. The van der Waals surface area contributed by atoms with Crippen molar-refractivity contribution < 1.29 is 9.53 Å². The second kappa shape index (κ2) is 6.40. The maximum absolute atomic E-state index is 11.8. The van der Waals surface area contributed by atoms with Crippen molar-refractivity contribution in [2.75, 3.05) is 14.2 Å². The fraction of sp³-hybridized carbons (Fsp3) is 0.500. The molecule has 4 nitrogen and oxygen atoms in total. The zero-order chi connectivity index (χ0) is 13.7. The monoisotopic (exact) mass is 250 g/mol. The first-order chi connectivity index (χ1) is 8.49. The van der Waals surface area contributed by atoms with Crippen LogP contribution < -0.4 is 10.5 Å². The summed E-state index contributed by atoms with van der Waals surface area (Å²) in [5.74, 6) is 0.732. The van der Waals surface area contributed by atoms with Gasteiger partial charge in [-0.2, -0.15) is 0 Å². The molecule has 1 amide bonds. The van der Waals surface area contributed by atoms with Crippen molar-refractivity contribution in [3.05, 3.63) is 29.3 Å². The van der Waals surface area contributed by atoms with Crippen LogP contribution in [0.25, 0.3) is 0 Å². The summed E-state index contributed by atoms with van der Waals surface area (Å²) in [6.07, 6.45) is 0.960. The molecule has 0 radical (unpaired) electrons. The lowest BCUT2D eigenvalue weighted by atomic mass is 10.1. The van der Waals surface area contributed by atoms with E-state index in [1.807, 2.05) is 12.1 Å². The van der Waals surface area contributed by atoms with E-state index in [1.54, 1.807) is 26.0 Å². The highest BCUT2D eigenvalue weighted by Crippen LogP contribution is 2.21. The Bertz CT molecular complexity index is 416. The highest BCUT2D eigenvalue weighted by atomic mass is 16.5. The average molecular weight is 250 g/mol. The third-order valence-electron chi connectivity index (χ3n) is 2.93. The maximum atomic E-state index is 11.8. The molecule has 0 aromatic heterocycles. The molecule has 0 aliphatic carbocycles. The highest BCUT2D eigenvalue weighted by molar-refractivity contribution is 5.80. The van der Waals surface area contributed by atoms with Crippen molar-refractivity contribution in [2.45, 2.75) is 32.9 Å². The molecule has 4 heteroatoms. The fourth-order valence-corrected chi connectivity index (χ4v) is 1.86. The summed E-state index contributed by atoms with van der Waals surface area (Å²) in [4.78, 5) is 13.4. The van der Waals surface area contributed by atoms with Gasteiger partial charge >= 0.3 is 0 Å². The molecule has 1 aromatic carbocycles. The van der Waals surface area contributed by atoms with E-state index < -0.39 is 6.04 Å². The van der Waals surface area contributed by atoms with Crippen LogP contribution >= 0.6 is 0 Å². The predicted molar refractivity (Wildman–Crippen MR) is 72.5 cm³/mol. The number of nitrogens with zero attached hydrogens (tertiary/aromatic N) is 1. The Kier molecular flexibility index (Phi) is 5.16. The van der Waals surface area contributed by atoms with Gasteiger partial charge in [0.05, 0.1) is 13.2 Å². The lowest BCUT2D eigenvalue weighted by molar-refractivity contribution is -0.131. The second-order valence-corrected chi connectivity index (χ2v) is 4.48. The van der Waals surface area contributed by atoms with Gasteiger partial charge in [0.2, 0.25) is 5.91 Å². The highest BCUT2D eigenvalue weighted by Gasteiger charge is 2.15. The minimum Gasteiger partial charge on any atom is -0.496 e. The molecule has 0 heterocycles. The Morgan fingerprint density at radius 2 is 2.17 bits per heavy atom. The first-order valence-electron chi connectivity index (χ1n) is 6.16. The zero-order valence-corrected chi connectivity index (χ0v) is 11.6. The number of likely N-dealkylation sites (N-methyl/N-ethyl adjacent to an activating group) is 1. The molecule has 1 aromatic rings. The van der Waals surface area contributed by atoms with Gasteiger partial charge in [0.15, 0.2) is 0 Å². The van der Waals surface area contributed by atoms with Crippen LogP contribution in [0.1, 0.15) is 25.0 Å². The summed E-state index contributed by atoms with van der Waals surface area (Å²) in [6, 6.07) is 5.58. The normalized spacial score (nSPS) is 12.1. The standard InChI is InChI=1S/C14H22N2O2/c1-5-11-6-7-13(18-4)12(8-11)9-16(3)14(17)10(2)15/h6-8,10H,5,9,15H2,1-4H3. The number of methoxy groups -OCH3 is 1. The van der Waals surface area contributed by atoms with Gasteiger partial charge in [0, 0.05) is 19.2 Å². The third-order valence-corrected chi connectivity index (χ3v) is 2.93. The van der Waals surface area contributed by atoms with E-state index in [9.17, 15) is 4.79 Å². The van der Waals surface area contributed by atoms with Crippen LogP contribution in [0.15, 0.2) is 18.2 Å². The Hall–Kier alpha value is -1.55. The van der Waals surface area contributed by atoms with Gasteiger partial charge < -0.3 is 15.4 Å². The predicted octanol–water partition coefficient (Wildman–Crippen LogP) is 1.56. The van der Waals surface area contributed by atoms with Gasteiger partial charge in [-0.25, -0.2) is 0 Å². The van der Waals surface area contributed by atoms with Crippen LogP contribution in [-0.4, -0.2) is 31.0 Å². The van der Waals surface area contributed by atoms with Gasteiger partial charge in [-0.3, -0.25) is 4.79 Å². The van der Waals surface area contributed by atoms with Gasteiger partial charge in [-0.05, 0) is 25.0 Å². The van der Waals surface area contributed by atoms with Crippen LogP contribution in [0.3, 0.4) is 0 Å². The molecule has 1 atom stereocenters. The van der Waals surface area contributed by atoms with E-state index in [2.05, 4.69) is 13.0 Å². The van der Waals surface area contributed by atoms with Crippen molar-refractivity contribution in [2.24, 2.45) is 5.73 Å². The van der Waals surface area contributed by atoms with Gasteiger partial charge in [0.25, 0.3) is 0 Å². The summed E-state index contributed by atoms with van der Waals surface area (Å²) in [5.41, 5.74) is 7.83. The molecule has 0 aliphatic heterocycles. The summed E-state index contributed by atoms with van der Waals surface area (Å²) in [7, 11) is 3.39. The zero-order valence-electron chi connectivity index (χ0n) is 11.6. The van der Waals surface area contributed by atoms with E-state index in [1.165, 1.54) is 5.56 Å². The number of carbonyl (C=O) groups is 1. The van der Waals surface area contributed by atoms with Crippen LogP contribution in [0.4, 0.5) is 0 Å². The fourth-order valence-electron chi connectivity index (χ4n) is 1.86. The molecule has 0 spiro atoms. The van der Waals surface area contributed by atoms with Crippen LogP contribution in [0, 0.1) is 0 Å². The summed E-state index contributed by atoms with van der Waals surface area (Å²) in [6.45, 7) is 4.30. The average Bonchev–Trinajstić information content (AvgIpc) is 2.37. The summed E-state index contributed by atoms with van der Waals surface area (Å²) < 4.78 is 5.32. The van der Waals surface area contributed by atoms with E-state index in [4.69, 9.17) is 10.5 Å². The van der Waals surface area contributed by atoms with Crippen molar-refractivity contribution in [3.63, 3.8) is 0 Å². The Labute approximate surface area is 109 Å². The van der Waals surface area contributed by atoms with E-state index >= 15 is 0 Å². The quantitative estimate of drug-likeness (QED) is 0.863. The molecular formula is C14H22N2O2. The molecule has 100 valence electrons. The lowest BCUT2D eigenvalue weighted by Gasteiger charge is -2.21. The Morgan fingerprint density at radius 3 is 2.67 bits per heavy atom. The van der Waals surface area contributed by atoms with E-state index in [0.717, 1.165) is 17.7 Å². The maximum Gasteiger partial charge on any atom is 0.239 e. The smallest absolute Gasteiger partial charge is 0.239 e. The summed E-state index contributed by atoms with van der Waals surface area (Å²) >= 11 is 0. The topological polar surface area (TPSA) is 55.6 Å². The number of benzene rings is 1. The molecule has 0 bridgehead atoms. The number of carbonyl (C=O) groups excluding carboxylic acids is 1. The number of amides is 1. The minimum absolute atomic E-state index is 0.0704. The first kappa shape index (κ1) is 14.5. The van der Waals surface area contributed by atoms with Crippen molar-refractivity contribution >= 4 is 5.91 Å². The third kappa shape index (κ3) is 3.47. The molecule has 0 aliphatic rings. The van der Waals surface area contributed by atoms with Gasteiger partial charge in [0.1, 0.15) is 5.75 Å². The number of nitrogens with two attached hydrogens (primary N) is 1. The minimum atomic E-state index is -0.477. The van der Waals surface area contributed by atoms with E-state index in [0.29, 0.717) is 6.54 Å². The number of aryl methyl sites for hydroxylation is 1. The number of ether oxygens (including phenoxy) is 1. The second-order valence-electron chi connectivity index (χ2n) is 4.48. The van der Waals surface area contributed by atoms with Gasteiger partial charge in [-0.1, -0.05) is 19.1 Å². The van der Waals surface area contributed by atoms with Gasteiger partial charge in [-0.15, -0.1) is 0 Å². The van der Waals surface area contributed by atoms with Crippen LogP contribution in [-0.2, 0) is 17.8 Å². The van der Waals surface area contributed by atoms with Crippen molar-refractivity contribution in [1.29, 1.82) is 0 Å². The van der Waals surface area contributed by atoms with Crippen LogP contribution in [0.5, 0.6) is 5.75 Å². The number of hydrogen-bond donors (Lipinski definition) is 1. The molecule has 0 fully saturated rings. The molecule has 0 saturated carbocycles. The van der Waals surface area contributed by atoms with Crippen LogP contribution in [0.2, 0.25) is 0 Å². The van der Waals surface area contributed by atoms with Crippen molar-refractivity contribution in [3.8, 4) is 5.75 Å². The molecule has 18 heavy (non-hydrogen) atoms. The Balaban J connectivity index is 2.91. The molecule has 1 unspecified atom stereocenters. The number of rotatable bonds is 5. The lowest BCUT2D eigenvalue weighted by Crippen LogP contribution is -2.39. The van der Waals surface area contributed by atoms with Crippen molar-refractivity contribution in [1.82, 2.24) is 4.90 Å².